The number of rotatable bonds is 4. The third-order valence-corrected chi connectivity index (χ3v) is 4.39. The van der Waals surface area contributed by atoms with Crippen molar-refractivity contribution in [1.82, 2.24) is 25.3 Å². The molecule has 26 heavy (non-hydrogen) atoms. The van der Waals surface area contributed by atoms with Gasteiger partial charge in [-0.3, -0.25) is 4.90 Å². The summed E-state index contributed by atoms with van der Waals surface area (Å²) in [5.41, 5.74) is 1.39. The van der Waals surface area contributed by atoms with Crippen molar-refractivity contribution in [2.24, 2.45) is 0 Å². The molecule has 0 aliphatic carbocycles. The van der Waals surface area contributed by atoms with Gasteiger partial charge in [0, 0.05) is 38.7 Å². The molecule has 0 bridgehead atoms. The molecule has 0 amide bonds. The van der Waals surface area contributed by atoms with Crippen LogP contribution in [0.25, 0.3) is 11.3 Å². The Kier molecular flexibility index (Phi) is 4.57. The third-order valence-electron chi connectivity index (χ3n) is 4.39. The number of aromatic nitrogens is 4. The Morgan fingerprint density at radius 1 is 1.00 bits per heavy atom. The lowest BCUT2D eigenvalue weighted by atomic mass is 10.1. The second kappa shape index (κ2) is 7.17. The van der Waals surface area contributed by atoms with Crippen molar-refractivity contribution in [2.75, 3.05) is 31.1 Å². The van der Waals surface area contributed by atoms with Gasteiger partial charge in [0.15, 0.2) is 5.82 Å². The Labute approximate surface area is 150 Å². The summed E-state index contributed by atoms with van der Waals surface area (Å²) in [6.07, 6.45) is 0. The van der Waals surface area contributed by atoms with Crippen LogP contribution in [0, 0.1) is 12.7 Å². The molecule has 0 atom stereocenters. The Balaban J connectivity index is 1.37. The van der Waals surface area contributed by atoms with Crippen LogP contribution in [0.3, 0.4) is 0 Å². The molecule has 4 rings (SSSR count). The Morgan fingerprint density at radius 2 is 1.85 bits per heavy atom. The average molecular weight is 354 g/mol. The van der Waals surface area contributed by atoms with E-state index in [1.807, 2.05) is 18.2 Å². The molecule has 1 saturated heterocycles. The molecule has 2 aromatic heterocycles. The highest BCUT2D eigenvalue weighted by Crippen LogP contribution is 2.20. The number of piperazine rings is 1. The second-order valence-corrected chi connectivity index (χ2v) is 6.27. The largest absolute Gasteiger partial charge is 0.424 e. The number of hydrogen-bond acceptors (Lipinski definition) is 7. The van der Waals surface area contributed by atoms with Gasteiger partial charge in [0.05, 0.1) is 12.2 Å². The first-order valence-corrected chi connectivity index (χ1v) is 8.53. The highest BCUT2D eigenvalue weighted by molar-refractivity contribution is 5.59. The number of aryl methyl sites for hydroxylation is 1. The standard InChI is InChI=1S/C18H19FN6O/c1-13-20-23-18(26-13)12-24-7-9-25(10-8-24)17-6-5-16(21-22-17)14-3-2-4-15(19)11-14/h2-6,11H,7-10,12H2,1H3. The lowest BCUT2D eigenvalue weighted by Gasteiger charge is -2.34. The molecule has 0 N–H and O–H groups in total. The molecule has 3 heterocycles. The van der Waals surface area contributed by atoms with Gasteiger partial charge in [0.25, 0.3) is 0 Å². The van der Waals surface area contributed by atoms with Crippen molar-refractivity contribution in [3.8, 4) is 11.3 Å². The summed E-state index contributed by atoms with van der Waals surface area (Å²) in [7, 11) is 0. The molecule has 3 aromatic rings. The van der Waals surface area contributed by atoms with E-state index in [-0.39, 0.29) is 5.82 Å². The van der Waals surface area contributed by atoms with Crippen LogP contribution in [0.5, 0.6) is 0 Å². The lowest BCUT2D eigenvalue weighted by Crippen LogP contribution is -2.46. The topological polar surface area (TPSA) is 71.2 Å². The number of anilines is 1. The maximum Gasteiger partial charge on any atom is 0.230 e. The maximum atomic E-state index is 13.3. The van der Waals surface area contributed by atoms with Gasteiger partial charge in [0.2, 0.25) is 11.8 Å². The van der Waals surface area contributed by atoms with Crippen LogP contribution in [0.15, 0.2) is 40.8 Å². The van der Waals surface area contributed by atoms with Gasteiger partial charge < -0.3 is 9.32 Å². The zero-order valence-electron chi connectivity index (χ0n) is 14.5. The number of benzene rings is 1. The van der Waals surface area contributed by atoms with Crippen LogP contribution in [0.4, 0.5) is 10.2 Å². The Bertz CT molecular complexity index is 873. The van der Waals surface area contributed by atoms with E-state index in [0.717, 1.165) is 37.6 Å². The molecule has 1 aliphatic heterocycles. The predicted octanol–water partition coefficient (Wildman–Crippen LogP) is 2.30. The molecule has 1 aliphatic rings. The van der Waals surface area contributed by atoms with Gasteiger partial charge in [-0.2, -0.15) is 0 Å². The van der Waals surface area contributed by atoms with Crippen LogP contribution in [0.2, 0.25) is 0 Å². The molecule has 8 heteroatoms. The zero-order chi connectivity index (χ0) is 17.9. The smallest absolute Gasteiger partial charge is 0.230 e. The normalized spacial score (nSPS) is 15.4. The highest BCUT2D eigenvalue weighted by Gasteiger charge is 2.20. The van der Waals surface area contributed by atoms with Crippen LogP contribution in [-0.2, 0) is 6.54 Å². The van der Waals surface area contributed by atoms with Gasteiger partial charge in [-0.1, -0.05) is 12.1 Å². The van der Waals surface area contributed by atoms with E-state index < -0.39 is 0 Å². The number of halogens is 1. The maximum absolute atomic E-state index is 13.3. The second-order valence-electron chi connectivity index (χ2n) is 6.27. The van der Waals surface area contributed by atoms with E-state index in [1.165, 1.54) is 12.1 Å². The van der Waals surface area contributed by atoms with E-state index in [0.29, 0.717) is 24.0 Å². The van der Waals surface area contributed by atoms with Crippen LogP contribution in [0.1, 0.15) is 11.8 Å². The van der Waals surface area contributed by atoms with Crippen LogP contribution in [-0.4, -0.2) is 51.5 Å². The van der Waals surface area contributed by atoms with Crippen molar-refractivity contribution in [3.63, 3.8) is 0 Å². The molecule has 1 aromatic carbocycles. The molecular weight excluding hydrogens is 335 g/mol. The first kappa shape index (κ1) is 16.6. The van der Waals surface area contributed by atoms with E-state index in [9.17, 15) is 4.39 Å². The minimum Gasteiger partial charge on any atom is -0.424 e. The molecule has 0 spiro atoms. The average Bonchev–Trinajstić information content (AvgIpc) is 3.07. The lowest BCUT2D eigenvalue weighted by molar-refractivity contribution is 0.224. The minimum atomic E-state index is -0.277. The van der Waals surface area contributed by atoms with E-state index in [4.69, 9.17) is 4.42 Å². The highest BCUT2D eigenvalue weighted by atomic mass is 19.1. The van der Waals surface area contributed by atoms with Gasteiger partial charge >= 0.3 is 0 Å². The summed E-state index contributed by atoms with van der Waals surface area (Å²) in [4.78, 5) is 4.47. The third kappa shape index (κ3) is 3.70. The zero-order valence-corrected chi connectivity index (χ0v) is 14.5. The summed E-state index contributed by atoms with van der Waals surface area (Å²) >= 11 is 0. The molecule has 0 radical (unpaired) electrons. The first-order chi connectivity index (χ1) is 12.7. The number of nitrogens with zero attached hydrogens (tertiary/aromatic N) is 6. The van der Waals surface area contributed by atoms with Crippen molar-refractivity contribution in [1.29, 1.82) is 0 Å². The van der Waals surface area contributed by atoms with Crippen molar-refractivity contribution < 1.29 is 8.81 Å². The molecule has 0 unspecified atom stereocenters. The van der Waals surface area contributed by atoms with Gasteiger partial charge in [0.1, 0.15) is 5.82 Å². The summed E-state index contributed by atoms with van der Waals surface area (Å²) in [5.74, 6) is 1.79. The summed E-state index contributed by atoms with van der Waals surface area (Å²) in [5, 5.41) is 16.5. The van der Waals surface area contributed by atoms with Crippen molar-refractivity contribution in [2.45, 2.75) is 13.5 Å². The Hall–Kier alpha value is -2.87. The summed E-state index contributed by atoms with van der Waals surface area (Å²) in [6, 6.07) is 10.2. The van der Waals surface area contributed by atoms with E-state index in [1.54, 1.807) is 13.0 Å². The fourth-order valence-electron chi connectivity index (χ4n) is 3.02. The monoisotopic (exact) mass is 354 g/mol. The first-order valence-electron chi connectivity index (χ1n) is 8.53. The SMILES string of the molecule is Cc1nnc(CN2CCN(c3ccc(-c4cccc(F)c4)nn3)CC2)o1. The van der Waals surface area contributed by atoms with Crippen molar-refractivity contribution in [3.05, 3.63) is 54.0 Å². The van der Waals surface area contributed by atoms with E-state index >= 15 is 0 Å². The quantitative estimate of drug-likeness (QED) is 0.712. The van der Waals surface area contributed by atoms with Crippen molar-refractivity contribution >= 4 is 5.82 Å². The number of hydrogen-bond donors (Lipinski definition) is 0. The van der Waals surface area contributed by atoms with Gasteiger partial charge in [-0.25, -0.2) is 4.39 Å². The molecular formula is C18H19FN6O. The van der Waals surface area contributed by atoms with Crippen LogP contribution >= 0.6 is 0 Å². The predicted molar refractivity (Wildman–Crippen MR) is 94.0 cm³/mol. The molecule has 7 nitrogen and oxygen atoms in total. The summed E-state index contributed by atoms with van der Waals surface area (Å²) < 4.78 is 18.8. The Morgan fingerprint density at radius 3 is 2.50 bits per heavy atom. The van der Waals surface area contributed by atoms with Gasteiger partial charge in [-0.15, -0.1) is 20.4 Å². The minimum absolute atomic E-state index is 0.277. The van der Waals surface area contributed by atoms with Crippen LogP contribution < -0.4 is 4.90 Å². The fraction of sp³-hybridized carbons (Fsp3) is 0.333. The van der Waals surface area contributed by atoms with E-state index in [2.05, 4.69) is 30.2 Å². The molecule has 0 saturated carbocycles. The molecule has 1 fully saturated rings. The molecule has 134 valence electrons. The summed E-state index contributed by atoms with van der Waals surface area (Å²) in [6.45, 7) is 5.92. The van der Waals surface area contributed by atoms with Gasteiger partial charge in [-0.05, 0) is 24.3 Å². The fourth-order valence-corrected chi connectivity index (χ4v) is 3.02.